The average Bonchev–Trinajstić information content (AvgIpc) is 2.31. The summed E-state index contributed by atoms with van der Waals surface area (Å²) in [7, 11) is 0. The van der Waals surface area contributed by atoms with Crippen molar-refractivity contribution in [3.8, 4) is 0 Å². The van der Waals surface area contributed by atoms with Crippen molar-refractivity contribution in [1.29, 1.82) is 0 Å². The van der Waals surface area contributed by atoms with Gasteiger partial charge in [-0.15, -0.1) is 13.2 Å². The fourth-order valence-corrected chi connectivity index (χ4v) is 2.14. The Labute approximate surface area is 97.8 Å². The molecule has 90 valence electrons. The molecule has 0 N–H and O–H groups in total. The lowest BCUT2D eigenvalue weighted by atomic mass is 9.83. The number of hydrogen-bond acceptors (Lipinski definition) is 3. The average molecular weight is 223 g/mol. The van der Waals surface area contributed by atoms with Crippen molar-refractivity contribution in [2.45, 2.75) is 12.8 Å². The highest BCUT2D eigenvalue weighted by atomic mass is 16.5. The lowest BCUT2D eigenvalue weighted by Gasteiger charge is -2.36. The summed E-state index contributed by atoms with van der Waals surface area (Å²) in [6.45, 7) is 11.1. The number of nitrogens with zero attached hydrogens (tertiary/aromatic N) is 1. The molecule has 3 nitrogen and oxygen atoms in total. The van der Waals surface area contributed by atoms with E-state index in [9.17, 15) is 4.79 Å². The van der Waals surface area contributed by atoms with Gasteiger partial charge in [0.05, 0.1) is 12.0 Å². The molecule has 1 saturated heterocycles. The predicted molar refractivity (Wildman–Crippen MR) is 65.4 cm³/mol. The van der Waals surface area contributed by atoms with Gasteiger partial charge in [0.1, 0.15) is 6.29 Å². The van der Waals surface area contributed by atoms with E-state index < -0.39 is 0 Å². The molecular weight excluding hydrogens is 202 g/mol. The summed E-state index contributed by atoms with van der Waals surface area (Å²) in [5.74, 6) is 0. The van der Waals surface area contributed by atoms with E-state index in [4.69, 9.17) is 4.74 Å². The second-order valence-corrected chi connectivity index (χ2v) is 4.41. The number of carbonyl (C=O) groups excluding carboxylic acids is 1. The van der Waals surface area contributed by atoms with Crippen LogP contribution in [0.3, 0.4) is 0 Å². The molecule has 0 spiro atoms. The minimum Gasteiger partial charge on any atom is -0.380 e. The first-order chi connectivity index (χ1) is 7.76. The van der Waals surface area contributed by atoms with Crippen molar-refractivity contribution in [3.63, 3.8) is 0 Å². The van der Waals surface area contributed by atoms with Crippen LogP contribution in [0.5, 0.6) is 0 Å². The van der Waals surface area contributed by atoms with Gasteiger partial charge >= 0.3 is 0 Å². The zero-order valence-electron chi connectivity index (χ0n) is 9.86. The van der Waals surface area contributed by atoms with E-state index >= 15 is 0 Å². The van der Waals surface area contributed by atoms with Gasteiger partial charge in [-0.05, 0) is 12.8 Å². The largest absolute Gasteiger partial charge is 0.380 e. The first-order valence-electron chi connectivity index (χ1n) is 5.74. The van der Waals surface area contributed by atoms with Gasteiger partial charge in [-0.2, -0.15) is 0 Å². The smallest absolute Gasteiger partial charge is 0.129 e. The maximum absolute atomic E-state index is 11.3. The van der Waals surface area contributed by atoms with Crippen molar-refractivity contribution < 1.29 is 9.53 Å². The normalized spacial score (nSPS) is 25.3. The molecule has 0 aromatic rings. The van der Waals surface area contributed by atoms with Crippen LogP contribution in [0.4, 0.5) is 0 Å². The molecule has 0 aliphatic carbocycles. The number of hydrogen-bond donors (Lipinski definition) is 0. The third kappa shape index (κ3) is 3.58. The molecule has 1 aliphatic heterocycles. The van der Waals surface area contributed by atoms with Crippen LogP contribution < -0.4 is 0 Å². The maximum atomic E-state index is 11.3. The van der Waals surface area contributed by atoms with E-state index in [0.717, 1.165) is 45.4 Å². The topological polar surface area (TPSA) is 29.5 Å². The lowest BCUT2D eigenvalue weighted by molar-refractivity contribution is -0.125. The molecule has 1 fully saturated rings. The highest BCUT2D eigenvalue weighted by Crippen LogP contribution is 2.27. The molecule has 1 aliphatic rings. The Hall–Kier alpha value is -0.930. The molecule has 16 heavy (non-hydrogen) atoms. The van der Waals surface area contributed by atoms with Gasteiger partial charge in [-0.1, -0.05) is 12.2 Å². The summed E-state index contributed by atoms with van der Waals surface area (Å²) in [6.07, 6.45) is 6.65. The van der Waals surface area contributed by atoms with E-state index in [2.05, 4.69) is 18.1 Å². The van der Waals surface area contributed by atoms with Gasteiger partial charge in [0.25, 0.3) is 0 Å². The Kier molecular flexibility index (Phi) is 5.43. The third-order valence-corrected chi connectivity index (χ3v) is 2.92. The molecule has 0 aromatic carbocycles. The molecule has 0 radical (unpaired) electrons. The minimum atomic E-state index is -0.329. The van der Waals surface area contributed by atoms with Crippen LogP contribution in [0.25, 0.3) is 0 Å². The third-order valence-electron chi connectivity index (χ3n) is 2.92. The second-order valence-electron chi connectivity index (χ2n) is 4.41. The molecular formula is C13H21NO2. The SMILES string of the molecule is C=CCN(CC=C)CC1(C=O)CCCOC1. The molecule has 3 heteroatoms. The quantitative estimate of drug-likeness (QED) is 0.485. The molecule has 1 rings (SSSR count). The lowest BCUT2D eigenvalue weighted by Crippen LogP contribution is -2.44. The zero-order chi connectivity index (χ0) is 11.9. The van der Waals surface area contributed by atoms with Gasteiger partial charge in [-0.3, -0.25) is 4.90 Å². The van der Waals surface area contributed by atoms with Crippen LogP contribution in [0.15, 0.2) is 25.3 Å². The summed E-state index contributed by atoms with van der Waals surface area (Å²) in [6, 6.07) is 0. The van der Waals surface area contributed by atoms with Crippen LogP contribution >= 0.6 is 0 Å². The first kappa shape index (κ1) is 13.1. The van der Waals surface area contributed by atoms with Gasteiger partial charge < -0.3 is 9.53 Å². The summed E-state index contributed by atoms with van der Waals surface area (Å²) in [4.78, 5) is 13.4. The number of rotatable bonds is 7. The Morgan fingerprint density at radius 1 is 1.31 bits per heavy atom. The fraction of sp³-hybridized carbons (Fsp3) is 0.615. The van der Waals surface area contributed by atoms with Crippen LogP contribution in [-0.2, 0) is 9.53 Å². The summed E-state index contributed by atoms with van der Waals surface area (Å²) in [5.41, 5.74) is -0.329. The van der Waals surface area contributed by atoms with Crippen LogP contribution in [0.2, 0.25) is 0 Å². The van der Waals surface area contributed by atoms with Crippen LogP contribution in [0.1, 0.15) is 12.8 Å². The van der Waals surface area contributed by atoms with E-state index in [1.165, 1.54) is 0 Å². The van der Waals surface area contributed by atoms with Gasteiger partial charge in [0, 0.05) is 26.2 Å². The van der Waals surface area contributed by atoms with E-state index in [0.29, 0.717) is 6.61 Å². The minimum absolute atomic E-state index is 0.329. The highest BCUT2D eigenvalue weighted by Gasteiger charge is 2.34. The number of ether oxygens (including phenoxy) is 1. The van der Waals surface area contributed by atoms with E-state index in [-0.39, 0.29) is 5.41 Å². The molecule has 0 saturated carbocycles. The predicted octanol–water partition coefficient (Wildman–Crippen LogP) is 1.66. The van der Waals surface area contributed by atoms with Crippen molar-refractivity contribution in [3.05, 3.63) is 25.3 Å². The van der Waals surface area contributed by atoms with Crippen LogP contribution in [0, 0.1) is 5.41 Å². The Bertz CT molecular complexity index is 234. The second kappa shape index (κ2) is 6.61. The molecule has 1 atom stereocenters. The Morgan fingerprint density at radius 2 is 2.00 bits per heavy atom. The van der Waals surface area contributed by atoms with E-state index in [1.54, 1.807) is 0 Å². The summed E-state index contributed by atoms with van der Waals surface area (Å²) in [5, 5.41) is 0. The van der Waals surface area contributed by atoms with Crippen molar-refractivity contribution in [2.75, 3.05) is 32.8 Å². The molecule has 0 aromatic heterocycles. The van der Waals surface area contributed by atoms with Gasteiger partial charge in [0.2, 0.25) is 0 Å². The standard InChI is InChI=1S/C13H21NO2/c1-3-7-14(8-4-2)10-13(11-15)6-5-9-16-12-13/h3-4,11H,1-2,5-10,12H2. The van der Waals surface area contributed by atoms with Gasteiger partial charge in [0.15, 0.2) is 0 Å². The highest BCUT2D eigenvalue weighted by molar-refractivity contribution is 5.60. The first-order valence-corrected chi connectivity index (χ1v) is 5.74. The maximum Gasteiger partial charge on any atom is 0.129 e. The van der Waals surface area contributed by atoms with Crippen molar-refractivity contribution in [2.24, 2.45) is 5.41 Å². The monoisotopic (exact) mass is 223 g/mol. The summed E-state index contributed by atoms with van der Waals surface area (Å²) >= 11 is 0. The fourth-order valence-electron chi connectivity index (χ4n) is 2.14. The number of carbonyl (C=O) groups is 1. The van der Waals surface area contributed by atoms with Crippen molar-refractivity contribution >= 4 is 6.29 Å². The number of aldehydes is 1. The molecule has 1 unspecified atom stereocenters. The van der Waals surface area contributed by atoms with E-state index in [1.807, 2.05) is 12.2 Å². The molecule has 0 bridgehead atoms. The zero-order valence-corrected chi connectivity index (χ0v) is 9.86. The van der Waals surface area contributed by atoms with Gasteiger partial charge in [-0.25, -0.2) is 0 Å². The van der Waals surface area contributed by atoms with Crippen LogP contribution in [-0.4, -0.2) is 44.0 Å². The summed E-state index contributed by atoms with van der Waals surface area (Å²) < 4.78 is 5.42. The van der Waals surface area contributed by atoms with Crippen molar-refractivity contribution in [1.82, 2.24) is 4.90 Å². The molecule has 0 amide bonds. The Balaban J connectivity index is 2.60. The Morgan fingerprint density at radius 3 is 2.44 bits per heavy atom. The molecule has 1 heterocycles.